The molecule has 3 atom stereocenters. The van der Waals surface area contributed by atoms with Crippen molar-refractivity contribution in [3.8, 4) is 0 Å². The number of hydrogen-bond donors (Lipinski definition) is 1. The Bertz CT molecular complexity index is 484. The van der Waals surface area contributed by atoms with Gasteiger partial charge in [-0.15, -0.1) is 0 Å². The normalized spacial score (nSPS) is 26.1. The maximum absolute atomic E-state index is 11.7. The van der Waals surface area contributed by atoms with Crippen LogP contribution in [0.3, 0.4) is 0 Å². The lowest BCUT2D eigenvalue weighted by Crippen LogP contribution is -2.33. The molecule has 1 aliphatic carbocycles. The van der Waals surface area contributed by atoms with E-state index in [-0.39, 0.29) is 5.97 Å². The number of methoxy groups -OCH3 is 1. The van der Waals surface area contributed by atoms with Crippen molar-refractivity contribution >= 4 is 11.7 Å². The smallest absolute Gasteiger partial charge is 0.338 e. The molecule has 0 aliphatic heterocycles. The van der Waals surface area contributed by atoms with E-state index in [9.17, 15) is 4.79 Å². The van der Waals surface area contributed by atoms with Gasteiger partial charge in [0.1, 0.15) is 0 Å². The predicted molar refractivity (Wildman–Crippen MR) is 82.1 cm³/mol. The molecule has 2 rings (SSSR count). The second-order valence-electron chi connectivity index (χ2n) is 6.12. The van der Waals surface area contributed by atoms with Gasteiger partial charge in [-0.25, -0.2) is 4.79 Å². The summed E-state index contributed by atoms with van der Waals surface area (Å²) >= 11 is 0. The van der Waals surface area contributed by atoms with Crippen LogP contribution in [0.2, 0.25) is 0 Å². The molecule has 3 nitrogen and oxygen atoms in total. The minimum Gasteiger partial charge on any atom is -0.465 e. The highest BCUT2D eigenvalue weighted by Crippen LogP contribution is 2.32. The van der Waals surface area contributed by atoms with Crippen LogP contribution in [-0.4, -0.2) is 19.1 Å². The molecular formula is C17H25NO2. The topological polar surface area (TPSA) is 38.3 Å². The van der Waals surface area contributed by atoms with Crippen molar-refractivity contribution in [3.05, 3.63) is 29.3 Å². The summed E-state index contributed by atoms with van der Waals surface area (Å²) in [5.41, 5.74) is 2.68. The number of rotatable bonds is 3. The number of hydrogen-bond acceptors (Lipinski definition) is 3. The van der Waals surface area contributed by atoms with E-state index in [0.29, 0.717) is 17.5 Å². The zero-order chi connectivity index (χ0) is 14.7. The average Bonchev–Trinajstić information content (AvgIpc) is 2.43. The SMILES string of the molecule is COC(=O)c1cccc(NC2CCC(C)CC2C)c1C. The van der Waals surface area contributed by atoms with Crippen LogP contribution in [0.5, 0.6) is 0 Å². The van der Waals surface area contributed by atoms with E-state index in [1.807, 2.05) is 25.1 Å². The molecule has 20 heavy (non-hydrogen) atoms. The molecule has 110 valence electrons. The van der Waals surface area contributed by atoms with Gasteiger partial charge in [0.15, 0.2) is 0 Å². The van der Waals surface area contributed by atoms with E-state index in [2.05, 4.69) is 19.2 Å². The molecule has 3 unspecified atom stereocenters. The molecule has 0 bridgehead atoms. The Hall–Kier alpha value is -1.51. The quantitative estimate of drug-likeness (QED) is 0.847. The van der Waals surface area contributed by atoms with Crippen LogP contribution < -0.4 is 5.32 Å². The highest BCUT2D eigenvalue weighted by atomic mass is 16.5. The maximum Gasteiger partial charge on any atom is 0.338 e. The number of benzene rings is 1. The summed E-state index contributed by atoms with van der Waals surface area (Å²) in [7, 11) is 1.42. The lowest BCUT2D eigenvalue weighted by Gasteiger charge is -2.34. The summed E-state index contributed by atoms with van der Waals surface area (Å²) in [4.78, 5) is 11.7. The molecule has 1 aromatic carbocycles. The zero-order valence-corrected chi connectivity index (χ0v) is 12.9. The first-order valence-electron chi connectivity index (χ1n) is 7.47. The highest BCUT2D eigenvalue weighted by molar-refractivity contribution is 5.92. The molecule has 1 N–H and O–H groups in total. The molecule has 0 spiro atoms. The summed E-state index contributed by atoms with van der Waals surface area (Å²) in [5, 5.41) is 3.63. The summed E-state index contributed by atoms with van der Waals surface area (Å²) < 4.78 is 4.83. The molecule has 1 saturated carbocycles. The third-order valence-corrected chi connectivity index (χ3v) is 4.51. The number of carbonyl (C=O) groups is 1. The Balaban J connectivity index is 2.15. The summed E-state index contributed by atoms with van der Waals surface area (Å²) in [6.07, 6.45) is 3.75. The highest BCUT2D eigenvalue weighted by Gasteiger charge is 2.25. The minimum atomic E-state index is -0.267. The van der Waals surface area contributed by atoms with Crippen molar-refractivity contribution in [2.45, 2.75) is 46.1 Å². The van der Waals surface area contributed by atoms with Gasteiger partial charge in [-0.2, -0.15) is 0 Å². The fourth-order valence-corrected chi connectivity index (χ4v) is 3.20. The molecular weight excluding hydrogens is 250 g/mol. The van der Waals surface area contributed by atoms with Gasteiger partial charge in [-0.05, 0) is 55.7 Å². The van der Waals surface area contributed by atoms with Gasteiger partial charge in [0.25, 0.3) is 0 Å². The third kappa shape index (κ3) is 3.14. The number of ether oxygens (including phenoxy) is 1. The van der Waals surface area contributed by atoms with Gasteiger partial charge < -0.3 is 10.1 Å². The molecule has 1 aliphatic rings. The van der Waals surface area contributed by atoms with Crippen molar-refractivity contribution < 1.29 is 9.53 Å². The third-order valence-electron chi connectivity index (χ3n) is 4.51. The van der Waals surface area contributed by atoms with Crippen molar-refractivity contribution in [2.75, 3.05) is 12.4 Å². The lowest BCUT2D eigenvalue weighted by atomic mass is 9.79. The van der Waals surface area contributed by atoms with Gasteiger partial charge in [0.2, 0.25) is 0 Å². The molecule has 3 heteroatoms. The van der Waals surface area contributed by atoms with Gasteiger partial charge in [0, 0.05) is 11.7 Å². The average molecular weight is 275 g/mol. The molecule has 0 radical (unpaired) electrons. The first-order valence-corrected chi connectivity index (χ1v) is 7.47. The van der Waals surface area contributed by atoms with E-state index in [1.165, 1.54) is 26.4 Å². The first kappa shape index (κ1) is 14.9. The second-order valence-corrected chi connectivity index (χ2v) is 6.12. The maximum atomic E-state index is 11.7. The Kier molecular flexibility index (Phi) is 4.69. The van der Waals surface area contributed by atoms with Crippen molar-refractivity contribution in [1.29, 1.82) is 0 Å². The van der Waals surface area contributed by atoms with Crippen LogP contribution in [0.1, 0.15) is 49.0 Å². The van der Waals surface area contributed by atoms with Crippen molar-refractivity contribution in [3.63, 3.8) is 0 Å². The summed E-state index contributed by atoms with van der Waals surface area (Å²) in [6.45, 7) is 6.62. The molecule has 1 fully saturated rings. The first-order chi connectivity index (χ1) is 9.52. The summed E-state index contributed by atoms with van der Waals surface area (Å²) in [6, 6.07) is 6.28. The Labute approximate surface area is 121 Å². The van der Waals surface area contributed by atoms with Crippen LogP contribution in [-0.2, 0) is 4.74 Å². The van der Waals surface area contributed by atoms with Gasteiger partial charge in [0.05, 0.1) is 12.7 Å². The molecule has 0 amide bonds. The summed E-state index contributed by atoms with van der Waals surface area (Å²) in [5.74, 6) is 1.22. The van der Waals surface area contributed by atoms with E-state index in [1.54, 1.807) is 0 Å². The van der Waals surface area contributed by atoms with Crippen LogP contribution >= 0.6 is 0 Å². The number of esters is 1. The lowest BCUT2D eigenvalue weighted by molar-refractivity contribution is 0.0600. The molecule has 0 aromatic heterocycles. The van der Waals surface area contributed by atoms with Crippen molar-refractivity contribution in [1.82, 2.24) is 0 Å². The van der Waals surface area contributed by atoms with Crippen LogP contribution in [0.25, 0.3) is 0 Å². The van der Waals surface area contributed by atoms with Gasteiger partial charge in [-0.1, -0.05) is 19.9 Å². The Morgan fingerprint density at radius 1 is 1.30 bits per heavy atom. The second kappa shape index (κ2) is 6.29. The zero-order valence-electron chi connectivity index (χ0n) is 12.9. The van der Waals surface area contributed by atoms with Crippen molar-refractivity contribution in [2.24, 2.45) is 11.8 Å². The fourth-order valence-electron chi connectivity index (χ4n) is 3.20. The van der Waals surface area contributed by atoms with Gasteiger partial charge >= 0.3 is 5.97 Å². The van der Waals surface area contributed by atoms with Gasteiger partial charge in [-0.3, -0.25) is 0 Å². The van der Waals surface area contributed by atoms with E-state index >= 15 is 0 Å². The van der Waals surface area contributed by atoms with E-state index in [0.717, 1.165) is 17.2 Å². The van der Waals surface area contributed by atoms with E-state index in [4.69, 9.17) is 4.74 Å². The van der Waals surface area contributed by atoms with Crippen LogP contribution in [0.4, 0.5) is 5.69 Å². The Morgan fingerprint density at radius 3 is 2.70 bits per heavy atom. The standard InChI is InChI=1S/C17H25NO2/c1-11-8-9-15(12(2)10-11)18-16-7-5-6-14(13(16)3)17(19)20-4/h5-7,11-12,15,18H,8-10H2,1-4H3. The molecule has 1 aromatic rings. The van der Waals surface area contributed by atoms with E-state index < -0.39 is 0 Å². The van der Waals surface area contributed by atoms with Crippen LogP contribution in [0.15, 0.2) is 18.2 Å². The molecule has 0 heterocycles. The molecule has 0 saturated heterocycles. The minimum absolute atomic E-state index is 0.267. The largest absolute Gasteiger partial charge is 0.465 e. The number of anilines is 1. The van der Waals surface area contributed by atoms with Crippen LogP contribution in [0, 0.1) is 18.8 Å². The monoisotopic (exact) mass is 275 g/mol. The number of nitrogens with one attached hydrogen (secondary N) is 1. The fraction of sp³-hybridized carbons (Fsp3) is 0.588. The Morgan fingerprint density at radius 2 is 2.05 bits per heavy atom. The number of carbonyl (C=O) groups excluding carboxylic acids is 1. The predicted octanol–water partition coefficient (Wildman–Crippen LogP) is 4.02.